The van der Waals surface area contributed by atoms with Gasteiger partial charge in [-0.1, -0.05) is 23.7 Å². The molecule has 2 amide bonds. The number of ether oxygens (including phenoxy) is 1. The van der Waals surface area contributed by atoms with Gasteiger partial charge in [0, 0.05) is 12.1 Å². The van der Waals surface area contributed by atoms with E-state index in [1.54, 1.807) is 18.2 Å². The van der Waals surface area contributed by atoms with Crippen LogP contribution in [0.4, 0.5) is 5.69 Å². The highest BCUT2D eigenvalue weighted by Gasteiger charge is 2.15. The summed E-state index contributed by atoms with van der Waals surface area (Å²) in [5, 5.41) is 10.5. The number of carbonyl (C=O) groups is 2. The third-order valence-corrected chi connectivity index (χ3v) is 3.40. The maximum atomic E-state index is 11.9. The van der Waals surface area contributed by atoms with Crippen molar-refractivity contribution in [2.24, 2.45) is 0 Å². The van der Waals surface area contributed by atoms with Gasteiger partial charge in [0.2, 0.25) is 0 Å². The van der Waals surface area contributed by atoms with Crippen LogP contribution in [0.15, 0.2) is 42.5 Å². The van der Waals surface area contributed by atoms with Crippen molar-refractivity contribution in [1.29, 1.82) is 0 Å². The molecule has 2 aromatic carbocycles. The number of carbonyl (C=O) groups excluding carboxylic acids is 2. The van der Waals surface area contributed by atoms with Crippen LogP contribution in [0.25, 0.3) is 0 Å². The third-order valence-electron chi connectivity index (χ3n) is 3.08. The Bertz CT molecular complexity index is 825. The first-order valence-electron chi connectivity index (χ1n) is 7.09. The zero-order valence-corrected chi connectivity index (χ0v) is 13.9. The van der Waals surface area contributed by atoms with Gasteiger partial charge < -0.3 is 4.74 Å². The van der Waals surface area contributed by atoms with Crippen molar-refractivity contribution >= 4 is 29.1 Å². The molecular weight excluding hydrogens is 350 g/mol. The Hall–Kier alpha value is -3.13. The number of nitrogens with one attached hydrogen (secondary N) is 2. The molecule has 2 rings (SSSR count). The molecule has 9 heteroatoms. The quantitative estimate of drug-likeness (QED) is 0.626. The highest BCUT2D eigenvalue weighted by molar-refractivity contribution is 6.34. The van der Waals surface area contributed by atoms with E-state index in [-0.39, 0.29) is 22.9 Å². The molecule has 25 heavy (non-hydrogen) atoms. The number of non-ortho nitro benzene ring substituents is 1. The van der Waals surface area contributed by atoms with Gasteiger partial charge in [0.15, 0.2) is 6.61 Å². The average Bonchev–Trinajstić information content (AvgIpc) is 2.57. The molecule has 0 bridgehead atoms. The monoisotopic (exact) mass is 363 g/mol. The summed E-state index contributed by atoms with van der Waals surface area (Å²) in [6, 6.07) is 10.5. The van der Waals surface area contributed by atoms with Crippen LogP contribution in [-0.4, -0.2) is 23.3 Å². The Labute approximate surface area is 147 Å². The summed E-state index contributed by atoms with van der Waals surface area (Å²) < 4.78 is 5.29. The lowest BCUT2D eigenvalue weighted by Gasteiger charge is -2.10. The molecule has 0 unspecified atom stereocenters. The number of hydrogen-bond acceptors (Lipinski definition) is 5. The second-order valence-electron chi connectivity index (χ2n) is 5.03. The number of nitrogens with zero attached hydrogens (tertiary/aromatic N) is 1. The Morgan fingerprint density at radius 3 is 2.60 bits per heavy atom. The zero-order valence-electron chi connectivity index (χ0n) is 13.1. The standard InChI is InChI=1S/C16H14ClN3O5/c1-10-3-2-4-12(7-10)25-9-15(21)18-19-16(22)13-6-5-11(20(23)24)8-14(13)17/h2-8H,9H2,1H3,(H,18,21)(H,19,22). The molecule has 0 saturated carbocycles. The molecular formula is C16H14ClN3O5. The Balaban J connectivity index is 1.87. The summed E-state index contributed by atoms with van der Waals surface area (Å²) in [5.41, 5.74) is 5.08. The van der Waals surface area contributed by atoms with Gasteiger partial charge in [-0.05, 0) is 30.7 Å². The number of hydrogen-bond donors (Lipinski definition) is 2. The van der Waals surface area contributed by atoms with Crippen LogP contribution in [-0.2, 0) is 4.79 Å². The summed E-state index contributed by atoms with van der Waals surface area (Å²) >= 11 is 5.84. The smallest absolute Gasteiger partial charge is 0.276 e. The van der Waals surface area contributed by atoms with E-state index in [2.05, 4.69) is 10.9 Å². The number of amides is 2. The summed E-state index contributed by atoms with van der Waals surface area (Å²) in [6.45, 7) is 1.60. The zero-order chi connectivity index (χ0) is 18.4. The molecule has 0 saturated heterocycles. The van der Waals surface area contributed by atoms with Crippen LogP contribution in [0.1, 0.15) is 15.9 Å². The normalized spacial score (nSPS) is 10.0. The number of rotatable bonds is 5. The summed E-state index contributed by atoms with van der Waals surface area (Å²) in [6.07, 6.45) is 0. The number of nitro benzene ring substituents is 1. The minimum Gasteiger partial charge on any atom is -0.484 e. The summed E-state index contributed by atoms with van der Waals surface area (Å²) in [5.74, 6) is -0.753. The third kappa shape index (κ3) is 5.18. The fourth-order valence-electron chi connectivity index (χ4n) is 1.89. The van der Waals surface area contributed by atoms with Crippen molar-refractivity contribution in [2.75, 3.05) is 6.61 Å². The van der Waals surface area contributed by atoms with Crippen LogP contribution < -0.4 is 15.6 Å². The van der Waals surface area contributed by atoms with Gasteiger partial charge in [0.05, 0.1) is 15.5 Å². The molecule has 2 aromatic rings. The second-order valence-corrected chi connectivity index (χ2v) is 5.44. The van der Waals surface area contributed by atoms with Gasteiger partial charge in [-0.3, -0.25) is 30.6 Å². The predicted octanol–water partition coefficient (Wildman–Crippen LogP) is 2.40. The predicted molar refractivity (Wildman–Crippen MR) is 90.4 cm³/mol. The Kier molecular flexibility index (Phi) is 5.91. The van der Waals surface area contributed by atoms with Crippen molar-refractivity contribution in [3.63, 3.8) is 0 Å². The van der Waals surface area contributed by atoms with Gasteiger partial charge in [-0.2, -0.15) is 0 Å². The first-order valence-corrected chi connectivity index (χ1v) is 7.47. The molecule has 130 valence electrons. The second kappa shape index (κ2) is 8.11. The molecule has 2 N–H and O–H groups in total. The van der Waals surface area contributed by atoms with Crippen molar-refractivity contribution in [1.82, 2.24) is 10.9 Å². The van der Waals surface area contributed by atoms with E-state index in [4.69, 9.17) is 16.3 Å². The fraction of sp³-hybridized carbons (Fsp3) is 0.125. The number of halogens is 1. The number of hydrazine groups is 1. The SMILES string of the molecule is Cc1cccc(OCC(=O)NNC(=O)c2ccc([N+](=O)[O-])cc2Cl)c1. The van der Waals surface area contributed by atoms with Crippen molar-refractivity contribution < 1.29 is 19.2 Å². The van der Waals surface area contributed by atoms with E-state index in [0.717, 1.165) is 17.7 Å². The first-order chi connectivity index (χ1) is 11.9. The van der Waals surface area contributed by atoms with E-state index in [0.29, 0.717) is 5.75 Å². The minimum absolute atomic E-state index is 0.00725. The number of benzene rings is 2. The molecule has 0 fully saturated rings. The van der Waals surface area contributed by atoms with Gasteiger partial charge in [0.25, 0.3) is 17.5 Å². The molecule has 0 aliphatic heterocycles. The maximum absolute atomic E-state index is 11.9. The fourth-order valence-corrected chi connectivity index (χ4v) is 2.15. The molecule has 0 atom stereocenters. The van der Waals surface area contributed by atoms with Crippen LogP contribution >= 0.6 is 11.6 Å². The topological polar surface area (TPSA) is 111 Å². The van der Waals surface area contributed by atoms with Crippen LogP contribution in [0.3, 0.4) is 0 Å². The van der Waals surface area contributed by atoms with Crippen LogP contribution in [0, 0.1) is 17.0 Å². The first kappa shape index (κ1) is 18.2. The van der Waals surface area contributed by atoms with Gasteiger partial charge in [0.1, 0.15) is 5.75 Å². The molecule has 0 heterocycles. The lowest BCUT2D eigenvalue weighted by Crippen LogP contribution is -2.43. The molecule has 0 spiro atoms. The molecule has 0 aromatic heterocycles. The molecule has 0 aliphatic rings. The van der Waals surface area contributed by atoms with Crippen molar-refractivity contribution in [3.05, 3.63) is 68.7 Å². The summed E-state index contributed by atoms with van der Waals surface area (Å²) in [4.78, 5) is 33.6. The minimum atomic E-state index is -0.705. The molecule has 8 nitrogen and oxygen atoms in total. The van der Waals surface area contributed by atoms with Gasteiger partial charge >= 0.3 is 0 Å². The molecule has 0 radical (unpaired) electrons. The Morgan fingerprint density at radius 1 is 1.20 bits per heavy atom. The average molecular weight is 364 g/mol. The summed E-state index contributed by atoms with van der Waals surface area (Å²) in [7, 11) is 0. The maximum Gasteiger partial charge on any atom is 0.276 e. The van der Waals surface area contributed by atoms with Crippen LogP contribution in [0.2, 0.25) is 5.02 Å². The van der Waals surface area contributed by atoms with E-state index in [1.165, 1.54) is 6.07 Å². The highest BCUT2D eigenvalue weighted by Crippen LogP contribution is 2.22. The largest absolute Gasteiger partial charge is 0.484 e. The van der Waals surface area contributed by atoms with Crippen LogP contribution in [0.5, 0.6) is 5.75 Å². The van der Waals surface area contributed by atoms with Gasteiger partial charge in [-0.25, -0.2) is 0 Å². The lowest BCUT2D eigenvalue weighted by molar-refractivity contribution is -0.384. The van der Waals surface area contributed by atoms with E-state index < -0.39 is 16.7 Å². The lowest BCUT2D eigenvalue weighted by atomic mass is 10.2. The number of aryl methyl sites for hydroxylation is 1. The molecule has 0 aliphatic carbocycles. The van der Waals surface area contributed by atoms with E-state index in [9.17, 15) is 19.7 Å². The Morgan fingerprint density at radius 2 is 1.96 bits per heavy atom. The van der Waals surface area contributed by atoms with E-state index in [1.807, 2.05) is 13.0 Å². The van der Waals surface area contributed by atoms with E-state index >= 15 is 0 Å². The highest BCUT2D eigenvalue weighted by atomic mass is 35.5. The van der Waals surface area contributed by atoms with Crippen molar-refractivity contribution in [2.45, 2.75) is 6.92 Å². The van der Waals surface area contributed by atoms with Crippen molar-refractivity contribution in [3.8, 4) is 5.75 Å². The van der Waals surface area contributed by atoms with Gasteiger partial charge in [-0.15, -0.1) is 0 Å². The number of nitro groups is 1.